The summed E-state index contributed by atoms with van der Waals surface area (Å²) in [4.78, 5) is 36.6. The number of aromatic nitrogens is 2. The van der Waals surface area contributed by atoms with E-state index in [0.717, 1.165) is 18.4 Å². The fraction of sp³-hybridized carbons (Fsp3) is 0.364. The molecule has 9 heteroatoms. The molecule has 0 radical (unpaired) electrons. The van der Waals surface area contributed by atoms with Gasteiger partial charge in [0.1, 0.15) is 5.82 Å². The highest BCUT2D eigenvalue weighted by atomic mass is 35.5. The third kappa shape index (κ3) is 4.85. The molecule has 2 aliphatic heterocycles. The number of carbonyl (C=O) groups is 2. The fourth-order valence-corrected chi connectivity index (χ4v) is 4.05. The monoisotopic (exact) mass is 443 g/mol. The molecule has 2 aromatic rings. The minimum absolute atomic E-state index is 0.0939. The second-order valence-electron chi connectivity index (χ2n) is 7.74. The number of hydrogen-bond acceptors (Lipinski definition) is 5. The van der Waals surface area contributed by atoms with Gasteiger partial charge in [0, 0.05) is 44.7 Å². The van der Waals surface area contributed by atoms with Gasteiger partial charge in [-0.25, -0.2) is 14.4 Å². The van der Waals surface area contributed by atoms with E-state index in [9.17, 15) is 14.0 Å². The summed E-state index contributed by atoms with van der Waals surface area (Å²) in [6, 6.07) is 5.69. The van der Waals surface area contributed by atoms with Gasteiger partial charge in [-0.05, 0) is 42.7 Å². The lowest BCUT2D eigenvalue weighted by molar-refractivity contribution is -0.129. The summed E-state index contributed by atoms with van der Waals surface area (Å²) >= 11 is 6.35. The van der Waals surface area contributed by atoms with Gasteiger partial charge in [0.15, 0.2) is 0 Å². The van der Waals surface area contributed by atoms with Crippen molar-refractivity contribution in [1.82, 2.24) is 19.8 Å². The molecule has 1 saturated heterocycles. The zero-order chi connectivity index (χ0) is 22.0. The topological polar surface area (TPSA) is 78.4 Å². The average Bonchev–Trinajstić information content (AvgIpc) is 3.25. The highest BCUT2D eigenvalue weighted by Crippen LogP contribution is 2.28. The van der Waals surface area contributed by atoms with E-state index in [4.69, 9.17) is 11.6 Å². The second kappa shape index (κ2) is 9.01. The van der Waals surface area contributed by atoms with Crippen LogP contribution >= 0.6 is 11.6 Å². The Morgan fingerprint density at radius 2 is 1.87 bits per heavy atom. The first-order valence-corrected chi connectivity index (χ1v) is 10.6. The average molecular weight is 444 g/mol. The van der Waals surface area contributed by atoms with Crippen LogP contribution in [0.25, 0.3) is 5.57 Å². The van der Waals surface area contributed by atoms with Crippen LogP contribution in [0.2, 0.25) is 5.02 Å². The highest BCUT2D eigenvalue weighted by molar-refractivity contribution is 6.32. The first-order valence-electron chi connectivity index (χ1n) is 10.2. The van der Waals surface area contributed by atoms with Crippen LogP contribution in [0.4, 0.5) is 10.3 Å². The van der Waals surface area contributed by atoms with Crippen LogP contribution in [-0.4, -0.2) is 63.8 Å². The largest absolute Gasteiger partial charge is 0.351 e. The van der Waals surface area contributed by atoms with Gasteiger partial charge < -0.3 is 15.1 Å². The van der Waals surface area contributed by atoms with Crippen molar-refractivity contribution in [2.24, 2.45) is 0 Å². The Kier molecular flexibility index (Phi) is 6.18. The zero-order valence-corrected chi connectivity index (χ0v) is 17.9. The summed E-state index contributed by atoms with van der Waals surface area (Å²) in [7, 11) is 0. The summed E-state index contributed by atoms with van der Waals surface area (Å²) in [5.41, 5.74) is 1.87. The van der Waals surface area contributed by atoms with Gasteiger partial charge in [0.2, 0.25) is 11.9 Å². The molecule has 1 fully saturated rings. The number of benzene rings is 1. The number of anilines is 1. The number of carbonyl (C=O) groups excluding carboxylic acids is 2. The van der Waals surface area contributed by atoms with E-state index in [1.54, 1.807) is 18.0 Å². The van der Waals surface area contributed by atoms with Gasteiger partial charge in [-0.15, -0.1) is 0 Å². The van der Waals surface area contributed by atoms with Crippen LogP contribution in [0.1, 0.15) is 35.8 Å². The molecule has 3 heterocycles. The Hall–Kier alpha value is -3.00. The number of rotatable bonds is 4. The minimum Gasteiger partial charge on any atom is -0.351 e. The van der Waals surface area contributed by atoms with Crippen molar-refractivity contribution < 1.29 is 14.0 Å². The maximum Gasteiger partial charge on any atom is 0.254 e. The van der Waals surface area contributed by atoms with Crippen molar-refractivity contribution in [2.45, 2.75) is 25.8 Å². The minimum atomic E-state index is -0.378. The molecule has 0 aliphatic carbocycles. The molecule has 1 aromatic heterocycles. The van der Waals surface area contributed by atoms with Crippen LogP contribution < -0.4 is 5.32 Å². The van der Waals surface area contributed by atoms with Crippen LogP contribution in [-0.2, 0) is 4.79 Å². The lowest BCUT2D eigenvalue weighted by Gasteiger charge is -2.31. The van der Waals surface area contributed by atoms with Crippen molar-refractivity contribution in [3.05, 3.63) is 58.6 Å². The van der Waals surface area contributed by atoms with Crippen molar-refractivity contribution >= 4 is 34.9 Å². The van der Waals surface area contributed by atoms with E-state index < -0.39 is 0 Å². The summed E-state index contributed by atoms with van der Waals surface area (Å²) in [6.45, 7) is 3.79. The molecule has 31 heavy (non-hydrogen) atoms. The quantitative estimate of drug-likeness (QED) is 0.784. The summed E-state index contributed by atoms with van der Waals surface area (Å²) < 4.78 is 13.1. The molecule has 2 amide bonds. The van der Waals surface area contributed by atoms with E-state index in [0.29, 0.717) is 48.4 Å². The molecule has 2 aliphatic rings. The smallest absolute Gasteiger partial charge is 0.254 e. The number of nitrogens with zero attached hydrogens (tertiary/aromatic N) is 4. The van der Waals surface area contributed by atoms with Crippen molar-refractivity contribution in [3.63, 3.8) is 0 Å². The first kappa shape index (κ1) is 21.2. The Bertz CT molecular complexity index is 1020. The number of hydrogen-bond donors (Lipinski definition) is 1. The Balaban J connectivity index is 1.41. The molecule has 7 nitrogen and oxygen atoms in total. The molecule has 0 unspecified atom stereocenters. The van der Waals surface area contributed by atoms with Crippen LogP contribution in [0.15, 0.2) is 36.5 Å². The Labute approximate surface area is 184 Å². The normalized spacial score (nSPS) is 16.9. The molecule has 4 rings (SSSR count). The molecule has 0 bridgehead atoms. The summed E-state index contributed by atoms with van der Waals surface area (Å²) in [5, 5.41) is 3.75. The summed E-state index contributed by atoms with van der Waals surface area (Å²) in [5.74, 6) is 0.0184. The summed E-state index contributed by atoms with van der Waals surface area (Å²) in [6.07, 6.45) is 5.13. The second-order valence-corrected chi connectivity index (χ2v) is 8.14. The number of halogens is 2. The molecule has 0 saturated carbocycles. The lowest BCUT2D eigenvalue weighted by atomic mass is 10.1. The van der Waals surface area contributed by atoms with E-state index in [-0.39, 0.29) is 23.7 Å². The Morgan fingerprint density at radius 3 is 2.55 bits per heavy atom. The fourth-order valence-electron chi connectivity index (χ4n) is 3.84. The highest BCUT2D eigenvalue weighted by Gasteiger charge is 2.25. The van der Waals surface area contributed by atoms with Crippen molar-refractivity contribution in [3.8, 4) is 0 Å². The first-order chi connectivity index (χ1) is 14.9. The van der Waals surface area contributed by atoms with Crippen LogP contribution in [0.3, 0.4) is 0 Å². The maximum absolute atomic E-state index is 13.1. The number of likely N-dealkylation sites (tertiary alicyclic amines) is 1. The predicted molar refractivity (Wildman–Crippen MR) is 116 cm³/mol. The van der Waals surface area contributed by atoms with Gasteiger partial charge in [0.25, 0.3) is 5.91 Å². The Morgan fingerprint density at radius 1 is 1.16 bits per heavy atom. The number of amides is 2. The molecule has 162 valence electrons. The number of nitrogens with one attached hydrogen (secondary N) is 1. The SMILES string of the molecule is CC(=O)N1CCC(Nc2ncc(Cl)c(C3=CCN(C(=O)c4ccc(F)cc4)C3)n2)CC1. The molecular formula is C22H23ClFN5O2. The molecule has 1 N–H and O–H groups in total. The van der Waals surface area contributed by atoms with Crippen LogP contribution in [0.5, 0.6) is 0 Å². The molecular weight excluding hydrogens is 421 g/mol. The third-order valence-corrected chi connectivity index (χ3v) is 5.90. The zero-order valence-electron chi connectivity index (χ0n) is 17.1. The van der Waals surface area contributed by atoms with Gasteiger partial charge in [0.05, 0.1) is 16.9 Å². The van der Waals surface area contributed by atoms with E-state index in [1.807, 2.05) is 11.0 Å². The predicted octanol–water partition coefficient (Wildman–Crippen LogP) is 3.23. The molecule has 1 aromatic carbocycles. The van der Waals surface area contributed by atoms with Gasteiger partial charge in [-0.2, -0.15) is 0 Å². The van der Waals surface area contributed by atoms with E-state index >= 15 is 0 Å². The van der Waals surface area contributed by atoms with Gasteiger partial charge >= 0.3 is 0 Å². The van der Waals surface area contributed by atoms with Crippen molar-refractivity contribution in [1.29, 1.82) is 0 Å². The van der Waals surface area contributed by atoms with Crippen LogP contribution in [0, 0.1) is 5.82 Å². The lowest BCUT2D eigenvalue weighted by Crippen LogP contribution is -2.41. The van der Waals surface area contributed by atoms with E-state index in [1.165, 1.54) is 24.3 Å². The standard InChI is InChI=1S/C22H23ClFN5O2/c1-14(30)28-10-7-18(8-11-28)26-22-25-12-19(23)20(27-22)16-6-9-29(13-16)21(31)15-2-4-17(24)5-3-15/h2-6,12,18H,7-11,13H2,1H3,(H,25,26,27). The van der Waals surface area contributed by atoms with Gasteiger partial charge in [-0.1, -0.05) is 17.7 Å². The molecule has 0 atom stereocenters. The van der Waals surface area contributed by atoms with E-state index in [2.05, 4.69) is 15.3 Å². The molecule has 0 spiro atoms. The number of piperidine rings is 1. The third-order valence-electron chi connectivity index (χ3n) is 5.62. The van der Waals surface area contributed by atoms with Gasteiger partial charge in [-0.3, -0.25) is 9.59 Å². The van der Waals surface area contributed by atoms with Crippen molar-refractivity contribution in [2.75, 3.05) is 31.5 Å². The maximum atomic E-state index is 13.1.